The number of carbonyl (C=O) groups is 1. The minimum atomic E-state index is -3.65. The van der Waals surface area contributed by atoms with E-state index >= 15 is 0 Å². The number of para-hydroxylation sites is 1. The van der Waals surface area contributed by atoms with E-state index in [9.17, 15) is 17.6 Å². The molecule has 2 aromatic rings. The number of amides is 1. The number of anilines is 1. The second kappa shape index (κ2) is 9.19. The number of sulfonamides is 1. The lowest BCUT2D eigenvalue weighted by Crippen LogP contribution is -2.33. The van der Waals surface area contributed by atoms with Crippen LogP contribution in [0.5, 0.6) is 0 Å². The van der Waals surface area contributed by atoms with E-state index in [0.29, 0.717) is 0 Å². The summed E-state index contributed by atoms with van der Waals surface area (Å²) in [6.45, 7) is 5.97. The van der Waals surface area contributed by atoms with E-state index in [0.717, 1.165) is 27.3 Å². The molecule has 28 heavy (non-hydrogen) atoms. The molecule has 1 atom stereocenters. The summed E-state index contributed by atoms with van der Waals surface area (Å²) in [5, 5.41) is 2.94. The number of nitrogens with zero attached hydrogens (tertiary/aromatic N) is 1. The normalized spacial score (nSPS) is 12.5. The van der Waals surface area contributed by atoms with Crippen LogP contribution in [0.1, 0.15) is 42.5 Å². The number of benzene rings is 2. The molecule has 0 heterocycles. The lowest BCUT2D eigenvalue weighted by molar-refractivity contribution is -0.121. The summed E-state index contributed by atoms with van der Waals surface area (Å²) in [6, 6.07) is 11.6. The van der Waals surface area contributed by atoms with Crippen LogP contribution in [-0.4, -0.2) is 27.1 Å². The largest absolute Gasteiger partial charge is 0.350 e. The second-order valence-corrected chi connectivity index (χ2v) is 8.95. The summed E-state index contributed by atoms with van der Waals surface area (Å²) in [7, 11) is -3.65. The van der Waals surface area contributed by atoms with Gasteiger partial charge in [-0.05, 0) is 50.5 Å². The summed E-state index contributed by atoms with van der Waals surface area (Å²) >= 11 is 0. The molecule has 0 fully saturated rings. The van der Waals surface area contributed by atoms with Gasteiger partial charge in [0, 0.05) is 13.0 Å². The average molecular weight is 407 g/mol. The van der Waals surface area contributed by atoms with Crippen molar-refractivity contribution in [3.05, 3.63) is 65.0 Å². The monoisotopic (exact) mass is 406 g/mol. The van der Waals surface area contributed by atoms with E-state index in [2.05, 4.69) is 11.4 Å². The first-order valence-electron chi connectivity index (χ1n) is 9.18. The van der Waals surface area contributed by atoms with Crippen molar-refractivity contribution in [2.45, 2.75) is 39.7 Å². The van der Waals surface area contributed by atoms with Crippen molar-refractivity contribution in [2.24, 2.45) is 0 Å². The maximum atomic E-state index is 14.0. The standard InChI is InChI=1S/C21H27FN2O3S/c1-15-11-12-18(16(2)14-15)17(3)23-21(25)10-7-13-24(28(4,26)27)20-9-6-5-8-19(20)22/h5-6,8-9,11-12,14,17H,7,10,13H2,1-4H3,(H,23,25)/t17-/m0/s1. The Balaban J connectivity index is 1.97. The van der Waals surface area contributed by atoms with Crippen LogP contribution in [0.15, 0.2) is 42.5 Å². The molecule has 2 aromatic carbocycles. The van der Waals surface area contributed by atoms with E-state index in [4.69, 9.17) is 0 Å². The SMILES string of the molecule is Cc1ccc([C@H](C)NC(=O)CCCN(c2ccccc2F)S(C)(=O)=O)c(C)c1. The third-order valence-electron chi connectivity index (χ3n) is 4.56. The maximum Gasteiger partial charge on any atom is 0.232 e. The number of carbonyl (C=O) groups excluding carboxylic acids is 1. The third-order valence-corrected chi connectivity index (χ3v) is 5.74. The fraction of sp³-hybridized carbons (Fsp3) is 0.381. The van der Waals surface area contributed by atoms with Crippen LogP contribution in [0.25, 0.3) is 0 Å². The van der Waals surface area contributed by atoms with Crippen LogP contribution >= 0.6 is 0 Å². The van der Waals surface area contributed by atoms with Crippen LogP contribution in [-0.2, 0) is 14.8 Å². The maximum absolute atomic E-state index is 14.0. The number of hydrogen-bond donors (Lipinski definition) is 1. The van der Waals surface area contributed by atoms with Gasteiger partial charge in [-0.1, -0.05) is 35.9 Å². The van der Waals surface area contributed by atoms with Gasteiger partial charge in [-0.2, -0.15) is 0 Å². The van der Waals surface area contributed by atoms with Crippen molar-refractivity contribution in [1.29, 1.82) is 0 Å². The molecule has 1 N–H and O–H groups in total. The number of aryl methyl sites for hydroxylation is 2. The number of nitrogens with one attached hydrogen (secondary N) is 1. The Bertz CT molecular complexity index is 944. The van der Waals surface area contributed by atoms with Crippen molar-refractivity contribution in [1.82, 2.24) is 5.32 Å². The van der Waals surface area contributed by atoms with Gasteiger partial charge in [0.15, 0.2) is 0 Å². The molecule has 0 aromatic heterocycles. The molecule has 5 nitrogen and oxygen atoms in total. The van der Waals surface area contributed by atoms with Crippen molar-refractivity contribution >= 4 is 21.6 Å². The van der Waals surface area contributed by atoms with Gasteiger partial charge in [-0.25, -0.2) is 12.8 Å². The zero-order valence-electron chi connectivity index (χ0n) is 16.7. The third kappa shape index (κ3) is 5.79. The Labute approximate surface area is 166 Å². The van der Waals surface area contributed by atoms with E-state index < -0.39 is 15.8 Å². The van der Waals surface area contributed by atoms with Gasteiger partial charge in [0.2, 0.25) is 15.9 Å². The predicted molar refractivity (Wildman–Crippen MR) is 110 cm³/mol. The van der Waals surface area contributed by atoms with Crippen molar-refractivity contribution in [3.63, 3.8) is 0 Å². The topological polar surface area (TPSA) is 66.5 Å². The van der Waals surface area contributed by atoms with Gasteiger partial charge >= 0.3 is 0 Å². The Kier molecular flexibility index (Phi) is 7.18. The van der Waals surface area contributed by atoms with Gasteiger partial charge in [-0.15, -0.1) is 0 Å². The van der Waals surface area contributed by atoms with Crippen LogP contribution in [0.2, 0.25) is 0 Å². The molecule has 0 aliphatic heterocycles. The van der Waals surface area contributed by atoms with Crippen LogP contribution in [0.4, 0.5) is 10.1 Å². The summed E-state index contributed by atoms with van der Waals surface area (Å²) in [5.41, 5.74) is 3.31. The molecular formula is C21H27FN2O3S. The Morgan fingerprint density at radius 3 is 2.46 bits per heavy atom. The molecular weight excluding hydrogens is 379 g/mol. The highest BCUT2D eigenvalue weighted by molar-refractivity contribution is 7.92. The van der Waals surface area contributed by atoms with Crippen molar-refractivity contribution in [3.8, 4) is 0 Å². The average Bonchev–Trinajstić information content (AvgIpc) is 2.58. The highest BCUT2D eigenvalue weighted by Gasteiger charge is 2.20. The molecule has 7 heteroatoms. The summed E-state index contributed by atoms with van der Waals surface area (Å²) < 4.78 is 39.1. The number of rotatable bonds is 8. The van der Waals surface area contributed by atoms with Gasteiger partial charge in [0.1, 0.15) is 5.82 Å². The smallest absolute Gasteiger partial charge is 0.232 e. The van der Waals surface area contributed by atoms with Gasteiger partial charge in [-0.3, -0.25) is 9.10 Å². The van der Waals surface area contributed by atoms with Crippen LogP contribution in [0, 0.1) is 19.7 Å². The zero-order valence-corrected chi connectivity index (χ0v) is 17.5. The highest BCUT2D eigenvalue weighted by Crippen LogP contribution is 2.22. The second-order valence-electron chi connectivity index (χ2n) is 7.04. The number of hydrogen-bond acceptors (Lipinski definition) is 3. The minimum Gasteiger partial charge on any atom is -0.350 e. The fourth-order valence-corrected chi connectivity index (χ4v) is 4.17. The van der Waals surface area contributed by atoms with Gasteiger partial charge in [0.25, 0.3) is 0 Å². The molecule has 0 saturated carbocycles. The minimum absolute atomic E-state index is 0.00550. The van der Waals surface area contributed by atoms with Crippen LogP contribution in [0.3, 0.4) is 0 Å². The van der Waals surface area contributed by atoms with Crippen molar-refractivity contribution in [2.75, 3.05) is 17.1 Å². The molecule has 2 rings (SSSR count). The quantitative estimate of drug-likeness (QED) is 0.724. The fourth-order valence-electron chi connectivity index (χ4n) is 3.21. The van der Waals surface area contributed by atoms with E-state index in [1.807, 2.05) is 32.9 Å². The molecule has 0 aliphatic carbocycles. The lowest BCUT2D eigenvalue weighted by Gasteiger charge is -2.23. The lowest BCUT2D eigenvalue weighted by atomic mass is 10.00. The Hall–Kier alpha value is -2.41. The van der Waals surface area contributed by atoms with Crippen LogP contribution < -0.4 is 9.62 Å². The van der Waals surface area contributed by atoms with Crippen molar-refractivity contribution < 1.29 is 17.6 Å². The molecule has 0 unspecified atom stereocenters. The van der Waals surface area contributed by atoms with Gasteiger partial charge in [0.05, 0.1) is 18.0 Å². The molecule has 0 radical (unpaired) electrons. The first-order valence-corrected chi connectivity index (χ1v) is 11.0. The van der Waals surface area contributed by atoms with Gasteiger partial charge < -0.3 is 5.32 Å². The molecule has 0 bridgehead atoms. The highest BCUT2D eigenvalue weighted by atomic mass is 32.2. The molecule has 1 amide bonds. The summed E-state index contributed by atoms with van der Waals surface area (Å²) in [5.74, 6) is -0.782. The molecule has 0 aliphatic rings. The van der Waals surface area contributed by atoms with E-state index in [1.54, 1.807) is 6.07 Å². The molecule has 0 spiro atoms. The first kappa shape index (κ1) is 21.9. The summed E-state index contributed by atoms with van der Waals surface area (Å²) in [6.07, 6.45) is 1.46. The Morgan fingerprint density at radius 2 is 1.86 bits per heavy atom. The molecule has 0 saturated heterocycles. The number of halogens is 1. The zero-order chi connectivity index (χ0) is 20.9. The first-order chi connectivity index (χ1) is 13.1. The van der Waals surface area contributed by atoms with E-state index in [-0.39, 0.29) is 37.0 Å². The molecule has 152 valence electrons. The Morgan fingerprint density at radius 1 is 1.18 bits per heavy atom. The van der Waals surface area contributed by atoms with E-state index in [1.165, 1.54) is 18.2 Å². The summed E-state index contributed by atoms with van der Waals surface area (Å²) in [4.78, 5) is 12.3. The predicted octanol–water partition coefficient (Wildman–Crippen LogP) is 3.87.